The SMILES string of the molecule is N=NC(=O)C1=CC=C([B]O)CC1. The number of nitrogens with zero attached hydrogens (tertiary/aromatic N) is 1. The van der Waals surface area contributed by atoms with E-state index in [0.717, 1.165) is 13.0 Å². The highest BCUT2D eigenvalue weighted by atomic mass is 16.2. The first-order valence-corrected chi connectivity index (χ1v) is 3.57. The van der Waals surface area contributed by atoms with Gasteiger partial charge in [0.2, 0.25) is 0 Å². The molecule has 0 fully saturated rings. The van der Waals surface area contributed by atoms with Crippen molar-refractivity contribution in [3.8, 4) is 0 Å². The first-order valence-electron chi connectivity index (χ1n) is 3.57. The summed E-state index contributed by atoms with van der Waals surface area (Å²) in [4.78, 5) is 10.8. The molecule has 1 aliphatic carbocycles. The molecule has 0 heterocycles. The van der Waals surface area contributed by atoms with Gasteiger partial charge in [0.1, 0.15) is 0 Å². The highest BCUT2D eigenvalue weighted by Crippen LogP contribution is 2.17. The van der Waals surface area contributed by atoms with E-state index in [0.29, 0.717) is 18.4 Å². The molecule has 1 rings (SSSR count). The Morgan fingerprint density at radius 2 is 2.33 bits per heavy atom. The van der Waals surface area contributed by atoms with Gasteiger partial charge in [-0.1, -0.05) is 17.6 Å². The van der Waals surface area contributed by atoms with Gasteiger partial charge in [-0.3, -0.25) is 4.79 Å². The minimum absolute atomic E-state index is 0.497. The lowest BCUT2D eigenvalue weighted by Gasteiger charge is -2.08. The van der Waals surface area contributed by atoms with E-state index in [2.05, 4.69) is 5.11 Å². The van der Waals surface area contributed by atoms with E-state index in [1.807, 2.05) is 0 Å². The Kier molecular flexibility index (Phi) is 2.93. The molecule has 1 amide bonds. The van der Waals surface area contributed by atoms with Crippen LogP contribution in [0.2, 0.25) is 0 Å². The zero-order valence-corrected chi connectivity index (χ0v) is 6.45. The third kappa shape index (κ3) is 1.89. The van der Waals surface area contributed by atoms with Crippen molar-refractivity contribution in [1.29, 1.82) is 5.53 Å². The van der Waals surface area contributed by atoms with Crippen LogP contribution in [0.15, 0.2) is 28.3 Å². The van der Waals surface area contributed by atoms with Gasteiger partial charge in [-0.25, -0.2) is 5.53 Å². The molecule has 2 N–H and O–H groups in total. The van der Waals surface area contributed by atoms with Crippen molar-refractivity contribution in [2.75, 3.05) is 0 Å². The number of allylic oxidation sites excluding steroid dienone is 3. The number of nitrogens with one attached hydrogen (secondary N) is 1. The second-order valence-electron chi connectivity index (χ2n) is 2.48. The van der Waals surface area contributed by atoms with Gasteiger partial charge in [-0.05, 0) is 12.8 Å². The van der Waals surface area contributed by atoms with Crippen molar-refractivity contribution >= 4 is 13.4 Å². The number of carbonyl (C=O) groups excluding carboxylic acids is 1. The largest absolute Gasteiger partial charge is 0.450 e. The summed E-state index contributed by atoms with van der Waals surface area (Å²) in [6.07, 6.45) is 4.42. The lowest BCUT2D eigenvalue weighted by molar-refractivity contribution is -0.115. The van der Waals surface area contributed by atoms with E-state index in [1.54, 1.807) is 12.2 Å². The maximum absolute atomic E-state index is 10.8. The van der Waals surface area contributed by atoms with Crippen LogP contribution in [0.4, 0.5) is 0 Å². The Labute approximate surface area is 70.8 Å². The summed E-state index contributed by atoms with van der Waals surface area (Å²) in [7, 11) is 1.02. The molecule has 1 aliphatic rings. The highest BCUT2D eigenvalue weighted by Gasteiger charge is 2.12. The lowest BCUT2D eigenvalue weighted by Crippen LogP contribution is -2.05. The highest BCUT2D eigenvalue weighted by molar-refractivity contribution is 6.36. The Morgan fingerprint density at radius 3 is 2.75 bits per heavy atom. The van der Waals surface area contributed by atoms with E-state index in [1.165, 1.54) is 0 Å². The van der Waals surface area contributed by atoms with E-state index in [4.69, 9.17) is 10.6 Å². The number of carbonyl (C=O) groups is 1. The summed E-state index contributed by atoms with van der Waals surface area (Å²) < 4.78 is 0. The van der Waals surface area contributed by atoms with Gasteiger partial charge >= 0.3 is 7.48 Å². The van der Waals surface area contributed by atoms with Crippen LogP contribution in [0.5, 0.6) is 0 Å². The monoisotopic (exact) mass is 163 g/mol. The molecule has 1 radical (unpaired) electrons. The van der Waals surface area contributed by atoms with Gasteiger partial charge in [-0.15, -0.1) is 5.11 Å². The summed E-state index contributed by atoms with van der Waals surface area (Å²) in [5, 5.41) is 11.4. The average molecular weight is 163 g/mol. The van der Waals surface area contributed by atoms with Crippen LogP contribution in [0.1, 0.15) is 12.8 Å². The van der Waals surface area contributed by atoms with Crippen LogP contribution in [0, 0.1) is 5.53 Å². The van der Waals surface area contributed by atoms with E-state index in [9.17, 15) is 4.79 Å². The predicted octanol–water partition coefficient (Wildman–Crippen LogP) is 0.760. The molecular formula is C7H8BN2O2. The Balaban J connectivity index is 2.72. The van der Waals surface area contributed by atoms with Gasteiger partial charge in [0, 0.05) is 5.57 Å². The molecule has 0 bridgehead atoms. The summed E-state index contributed by atoms with van der Waals surface area (Å²) in [6.45, 7) is 0. The standard InChI is InChI=1S/C7H8BN2O2/c9-10-7(11)5-1-3-6(8-12)4-2-5/h1,3,9,12H,2,4H2. The summed E-state index contributed by atoms with van der Waals surface area (Å²) >= 11 is 0. The van der Waals surface area contributed by atoms with Crippen LogP contribution in [0.25, 0.3) is 0 Å². The first-order chi connectivity index (χ1) is 5.77. The number of hydrogen-bond donors (Lipinski definition) is 2. The van der Waals surface area contributed by atoms with Crippen molar-refractivity contribution in [1.82, 2.24) is 0 Å². The Bertz CT molecular complexity index is 271. The molecule has 0 atom stereocenters. The van der Waals surface area contributed by atoms with Crippen LogP contribution in [0.3, 0.4) is 0 Å². The fourth-order valence-electron chi connectivity index (χ4n) is 1.01. The molecule has 0 unspecified atom stereocenters. The predicted molar refractivity (Wildman–Crippen MR) is 43.5 cm³/mol. The van der Waals surface area contributed by atoms with Gasteiger partial charge in [0.25, 0.3) is 5.91 Å². The van der Waals surface area contributed by atoms with Crippen molar-refractivity contribution in [2.24, 2.45) is 5.11 Å². The minimum Gasteiger partial charge on any atom is -0.450 e. The quantitative estimate of drug-likeness (QED) is 0.465. The summed E-state index contributed by atoms with van der Waals surface area (Å²) in [6, 6.07) is 0. The Morgan fingerprint density at radius 1 is 1.58 bits per heavy atom. The molecule has 0 aromatic heterocycles. The zero-order chi connectivity index (χ0) is 8.97. The molecule has 61 valence electrons. The second-order valence-corrected chi connectivity index (χ2v) is 2.48. The van der Waals surface area contributed by atoms with Crippen LogP contribution >= 0.6 is 0 Å². The Hall–Kier alpha value is -1.23. The molecule has 5 heteroatoms. The molecule has 0 saturated heterocycles. The molecular weight excluding hydrogens is 155 g/mol. The second kappa shape index (κ2) is 3.97. The zero-order valence-electron chi connectivity index (χ0n) is 6.45. The lowest BCUT2D eigenvalue weighted by atomic mass is 9.80. The van der Waals surface area contributed by atoms with Crippen molar-refractivity contribution in [2.45, 2.75) is 12.8 Å². The topological polar surface area (TPSA) is 73.5 Å². The molecule has 0 spiro atoms. The van der Waals surface area contributed by atoms with Gasteiger partial charge in [0.15, 0.2) is 0 Å². The van der Waals surface area contributed by atoms with E-state index >= 15 is 0 Å². The summed E-state index contributed by atoms with van der Waals surface area (Å²) in [5.41, 5.74) is 7.81. The number of hydrogen-bond acceptors (Lipinski definition) is 3. The third-order valence-electron chi connectivity index (χ3n) is 1.72. The number of rotatable bonds is 2. The third-order valence-corrected chi connectivity index (χ3v) is 1.72. The average Bonchev–Trinajstić information content (AvgIpc) is 2.17. The maximum Gasteiger partial charge on any atom is 0.322 e. The normalized spacial score (nSPS) is 16.1. The first kappa shape index (κ1) is 8.87. The fraction of sp³-hybridized carbons (Fsp3) is 0.286. The molecule has 0 aromatic rings. The van der Waals surface area contributed by atoms with Gasteiger partial charge in [-0.2, -0.15) is 0 Å². The van der Waals surface area contributed by atoms with Crippen molar-refractivity contribution < 1.29 is 9.82 Å². The molecule has 0 aromatic carbocycles. The summed E-state index contributed by atoms with van der Waals surface area (Å²) in [5.74, 6) is -0.497. The van der Waals surface area contributed by atoms with Crippen LogP contribution in [-0.4, -0.2) is 18.4 Å². The molecule has 12 heavy (non-hydrogen) atoms. The van der Waals surface area contributed by atoms with Gasteiger partial charge in [0.05, 0.1) is 0 Å². The maximum atomic E-state index is 10.8. The van der Waals surface area contributed by atoms with Crippen LogP contribution in [-0.2, 0) is 4.79 Å². The molecule has 0 aliphatic heterocycles. The minimum atomic E-state index is -0.497. The van der Waals surface area contributed by atoms with E-state index in [-0.39, 0.29) is 0 Å². The van der Waals surface area contributed by atoms with E-state index < -0.39 is 5.91 Å². The smallest absolute Gasteiger partial charge is 0.322 e. The van der Waals surface area contributed by atoms with Crippen molar-refractivity contribution in [3.05, 3.63) is 23.2 Å². The van der Waals surface area contributed by atoms with Crippen LogP contribution < -0.4 is 0 Å². The van der Waals surface area contributed by atoms with Gasteiger partial charge < -0.3 is 5.02 Å². The number of amides is 1. The van der Waals surface area contributed by atoms with Crippen molar-refractivity contribution in [3.63, 3.8) is 0 Å². The fourth-order valence-corrected chi connectivity index (χ4v) is 1.01. The molecule has 0 saturated carbocycles. The molecule has 4 nitrogen and oxygen atoms in total.